The Morgan fingerprint density at radius 1 is 1.10 bits per heavy atom. The zero-order valence-electron chi connectivity index (χ0n) is 19.5. The molecule has 4 rings (SSSR count). The third-order valence-corrected chi connectivity index (χ3v) is 10.7. The first-order valence-corrected chi connectivity index (χ1v) is 12.8. The van der Waals surface area contributed by atoms with Crippen LogP contribution in [-0.2, 0) is 4.79 Å². The molecule has 30 heavy (non-hydrogen) atoms. The van der Waals surface area contributed by atoms with Gasteiger partial charge >= 0.3 is 5.97 Å². The standard InChI is InChI=1S/C26H44O4/c1-5-17-20-13-16(27)10-11-26(20,4)21-12-15(3)23-18(14(2)6-9-22(28)29)7-8-19(23)24(21)25(17)30/h14-21,23-25,27,30H,5-13H2,1-4H3,(H,28,29)/t14-,15-,16-,17-,18?,19?,20+,21?,23+,24?,25?,26+/m1/s1. The van der Waals surface area contributed by atoms with Gasteiger partial charge in [0.15, 0.2) is 0 Å². The largest absolute Gasteiger partial charge is 0.481 e. The fraction of sp³-hybridized carbons (Fsp3) is 0.962. The summed E-state index contributed by atoms with van der Waals surface area (Å²) in [6, 6.07) is 0. The predicted octanol–water partition coefficient (Wildman–Crippen LogP) is 4.97. The summed E-state index contributed by atoms with van der Waals surface area (Å²) >= 11 is 0. The number of rotatable bonds is 5. The van der Waals surface area contributed by atoms with Crippen LogP contribution < -0.4 is 0 Å². The van der Waals surface area contributed by atoms with Crippen molar-refractivity contribution in [1.82, 2.24) is 0 Å². The van der Waals surface area contributed by atoms with E-state index in [2.05, 4.69) is 27.7 Å². The van der Waals surface area contributed by atoms with E-state index >= 15 is 0 Å². The van der Waals surface area contributed by atoms with Gasteiger partial charge in [0.25, 0.3) is 0 Å². The molecule has 0 aromatic carbocycles. The quantitative estimate of drug-likeness (QED) is 0.587. The number of hydrogen-bond acceptors (Lipinski definition) is 3. The Kier molecular flexibility index (Phi) is 6.31. The van der Waals surface area contributed by atoms with Crippen molar-refractivity contribution < 1.29 is 20.1 Å². The number of hydrogen-bond donors (Lipinski definition) is 3. The minimum absolute atomic E-state index is 0.194. The highest BCUT2D eigenvalue weighted by Crippen LogP contribution is 2.67. The maximum absolute atomic E-state index is 11.7. The molecule has 0 spiro atoms. The lowest BCUT2D eigenvalue weighted by Gasteiger charge is -2.64. The molecule has 4 aliphatic rings. The van der Waals surface area contributed by atoms with Crippen LogP contribution in [0.4, 0.5) is 0 Å². The summed E-state index contributed by atoms with van der Waals surface area (Å²) in [5.41, 5.74) is 0.246. The summed E-state index contributed by atoms with van der Waals surface area (Å²) in [5, 5.41) is 31.2. The molecule has 4 saturated carbocycles. The fourth-order valence-electron chi connectivity index (χ4n) is 9.34. The van der Waals surface area contributed by atoms with Crippen LogP contribution in [0, 0.1) is 58.7 Å². The van der Waals surface area contributed by atoms with Crippen molar-refractivity contribution >= 4 is 5.97 Å². The third-order valence-electron chi connectivity index (χ3n) is 10.7. The molecular formula is C26H44O4. The van der Waals surface area contributed by atoms with E-state index in [4.69, 9.17) is 5.11 Å². The molecule has 0 radical (unpaired) electrons. The monoisotopic (exact) mass is 420 g/mol. The zero-order valence-corrected chi connectivity index (χ0v) is 19.5. The van der Waals surface area contributed by atoms with Gasteiger partial charge in [0.2, 0.25) is 0 Å². The lowest BCUT2D eigenvalue weighted by atomic mass is 9.42. The summed E-state index contributed by atoms with van der Waals surface area (Å²) in [5.74, 6) is 3.96. The van der Waals surface area contributed by atoms with Gasteiger partial charge < -0.3 is 15.3 Å². The van der Waals surface area contributed by atoms with Gasteiger partial charge in [0, 0.05) is 6.42 Å². The summed E-state index contributed by atoms with van der Waals surface area (Å²) < 4.78 is 0. The third kappa shape index (κ3) is 3.54. The van der Waals surface area contributed by atoms with E-state index in [-0.39, 0.29) is 24.0 Å². The zero-order chi connectivity index (χ0) is 21.8. The molecule has 0 amide bonds. The topological polar surface area (TPSA) is 77.8 Å². The van der Waals surface area contributed by atoms with Gasteiger partial charge in [-0.3, -0.25) is 4.79 Å². The molecule has 4 nitrogen and oxygen atoms in total. The van der Waals surface area contributed by atoms with Crippen molar-refractivity contribution in [2.75, 3.05) is 0 Å². The van der Waals surface area contributed by atoms with Gasteiger partial charge in [0.05, 0.1) is 12.2 Å². The molecule has 12 atom stereocenters. The number of aliphatic hydroxyl groups excluding tert-OH is 2. The molecule has 0 aromatic rings. The van der Waals surface area contributed by atoms with Crippen LogP contribution in [0.5, 0.6) is 0 Å². The predicted molar refractivity (Wildman–Crippen MR) is 118 cm³/mol. The van der Waals surface area contributed by atoms with Crippen LogP contribution in [-0.4, -0.2) is 33.5 Å². The molecule has 0 heterocycles. The Morgan fingerprint density at radius 3 is 2.50 bits per heavy atom. The summed E-state index contributed by atoms with van der Waals surface area (Å²) in [6.45, 7) is 9.42. The SMILES string of the molecule is CC[C@H]1C(O)C2C3CCC([C@H](C)CCC(=O)O)[C@@H]3[C@H](C)CC2[C@@]2(C)CC[C@@H](O)C[C@@H]12. The second kappa shape index (κ2) is 8.39. The lowest BCUT2D eigenvalue weighted by molar-refractivity contribution is -0.199. The first-order chi connectivity index (χ1) is 14.2. The van der Waals surface area contributed by atoms with E-state index in [1.165, 1.54) is 19.3 Å². The highest BCUT2D eigenvalue weighted by Gasteiger charge is 2.63. The van der Waals surface area contributed by atoms with E-state index in [0.29, 0.717) is 53.3 Å². The fourth-order valence-corrected chi connectivity index (χ4v) is 9.34. The summed E-state index contributed by atoms with van der Waals surface area (Å²) in [4.78, 5) is 11.1. The van der Waals surface area contributed by atoms with E-state index < -0.39 is 5.97 Å². The molecule has 0 aromatic heterocycles. The number of carbonyl (C=O) groups is 1. The molecule has 5 unspecified atom stereocenters. The van der Waals surface area contributed by atoms with Gasteiger partial charge in [-0.1, -0.05) is 34.1 Å². The Hall–Kier alpha value is -0.610. The number of fused-ring (bicyclic) bond motifs is 5. The second-order valence-electron chi connectivity index (χ2n) is 11.9. The van der Waals surface area contributed by atoms with E-state index in [1.807, 2.05) is 0 Å². The van der Waals surface area contributed by atoms with Gasteiger partial charge in [-0.25, -0.2) is 0 Å². The minimum Gasteiger partial charge on any atom is -0.481 e. The molecule has 3 N–H and O–H groups in total. The van der Waals surface area contributed by atoms with Crippen molar-refractivity contribution in [2.45, 2.75) is 97.7 Å². The number of aliphatic carboxylic acids is 1. The van der Waals surface area contributed by atoms with Crippen LogP contribution in [0.3, 0.4) is 0 Å². The average Bonchev–Trinajstić information content (AvgIpc) is 3.14. The number of carboxylic acid groups (broad SMARTS) is 1. The number of carboxylic acids is 1. The van der Waals surface area contributed by atoms with Crippen molar-refractivity contribution in [3.63, 3.8) is 0 Å². The summed E-state index contributed by atoms with van der Waals surface area (Å²) in [6.07, 6.45) is 8.12. The maximum Gasteiger partial charge on any atom is 0.303 e. The first kappa shape index (κ1) is 22.6. The Morgan fingerprint density at radius 2 is 1.83 bits per heavy atom. The molecule has 4 fully saturated rings. The van der Waals surface area contributed by atoms with Crippen molar-refractivity contribution in [2.24, 2.45) is 58.7 Å². The second-order valence-corrected chi connectivity index (χ2v) is 11.9. The van der Waals surface area contributed by atoms with Crippen molar-refractivity contribution in [1.29, 1.82) is 0 Å². The van der Waals surface area contributed by atoms with E-state index in [0.717, 1.165) is 32.1 Å². The molecule has 0 saturated heterocycles. The molecule has 0 aliphatic heterocycles. The first-order valence-electron chi connectivity index (χ1n) is 12.8. The Bertz CT molecular complexity index is 635. The molecule has 4 heteroatoms. The summed E-state index contributed by atoms with van der Waals surface area (Å²) in [7, 11) is 0. The normalized spacial score (nSPS) is 51.5. The van der Waals surface area contributed by atoms with E-state index in [9.17, 15) is 15.0 Å². The van der Waals surface area contributed by atoms with Gasteiger partial charge in [-0.15, -0.1) is 0 Å². The average molecular weight is 421 g/mol. The van der Waals surface area contributed by atoms with Crippen molar-refractivity contribution in [3.8, 4) is 0 Å². The molecule has 4 aliphatic carbocycles. The Labute approximate surface area is 182 Å². The highest BCUT2D eigenvalue weighted by atomic mass is 16.4. The van der Waals surface area contributed by atoms with Crippen LogP contribution in [0.1, 0.15) is 85.5 Å². The van der Waals surface area contributed by atoms with Gasteiger partial charge in [0.1, 0.15) is 0 Å². The molecule has 0 bridgehead atoms. The van der Waals surface area contributed by atoms with Crippen LogP contribution >= 0.6 is 0 Å². The maximum atomic E-state index is 11.7. The lowest BCUT2D eigenvalue weighted by Crippen LogP contribution is -2.61. The van der Waals surface area contributed by atoms with Gasteiger partial charge in [-0.05, 0) is 104 Å². The van der Waals surface area contributed by atoms with Crippen LogP contribution in [0.25, 0.3) is 0 Å². The minimum atomic E-state index is -0.680. The van der Waals surface area contributed by atoms with Crippen LogP contribution in [0.2, 0.25) is 0 Å². The smallest absolute Gasteiger partial charge is 0.303 e. The molecular weight excluding hydrogens is 376 g/mol. The highest BCUT2D eigenvalue weighted by molar-refractivity contribution is 5.66. The Balaban J connectivity index is 1.61. The number of aliphatic hydroxyl groups is 2. The van der Waals surface area contributed by atoms with Gasteiger partial charge in [-0.2, -0.15) is 0 Å². The van der Waals surface area contributed by atoms with Crippen molar-refractivity contribution in [3.05, 3.63) is 0 Å². The molecule has 172 valence electrons. The van der Waals surface area contributed by atoms with Crippen LogP contribution in [0.15, 0.2) is 0 Å². The van der Waals surface area contributed by atoms with E-state index in [1.54, 1.807) is 0 Å².